The number of ether oxygens (including phenoxy) is 2. The van der Waals surface area contributed by atoms with Crippen molar-refractivity contribution in [3.05, 3.63) is 119 Å². The summed E-state index contributed by atoms with van der Waals surface area (Å²) in [4.78, 5) is 11.1. The smallest absolute Gasteiger partial charge is 0.216 e. The second kappa shape index (κ2) is 13.6. The fourth-order valence-corrected chi connectivity index (χ4v) is 4.42. The summed E-state index contributed by atoms with van der Waals surface area (Å²) in [5.74, 6) is -0.229. The molecule has 0 unspecified atom stereocenters. The van der Waals surface area contributed by atoms with Crippen LogP contribution >= 0.6 is 0 Å². The van der Waals surface area contributed by atoms with Crippen LogP contribution < -0.4 is 14.8 Å². The molecule has 0 atom stereocenters. The molecule has 202 valence electrons. The molecule has 4 rings (SSSR count). The first-order valence-corrected chi connectivity index (χ1v) is 13.1. The molecule has 0 aliphatic heterocycles. The van der Waals surface area contributed by atoms with E-state index >= 15 is 0 Å². The van der Waals surface area contributed by atoms with Crippen LogP contribution in [0.15, 0.2) is 84.9 Å². The molecule has 1 N–H and O–H groups in total. The predicted molar refractivity (Wildman–Crippen MR) is 150 cm³/mol. The van der Waals surface area contributed by atoms with Gasteiger partial charge in [-0.1, -0.05) is 60.7 Å². The van der Waals surface area contributed by atoms with Gasteiger partial charge in [0, 0.05) is 19.5 Å². The van der Waals surface area contributed by atoms with Crippen molar-refractivity contribution in [2.45, 2.75) is 46.3 Å². The maximum atomic E-state index is 14.2. The molecule has 4 nitrogen and oxygen atoms in total. The fourth-order valence-electron chi connectivity index (χ4n) is 4.42. The zero-order valence-corrected chi connectivity index (χ0v) is 22.3. The van der Waals surface area contributed by atoms with E-state index in [9.17, 15) is 13.6 Å². The number of hydrogen-bond acceptors (Lipinski definition) is 3. The third-order valence-electron chi connectivity index (χ3n) is 6.64. The van der Waals surface area contributed by atoms with E-state index < -0.39 is 11.6 Å². The van der Waals surface area contributed by atoms with Crippen molar-refractivity contribution in [1.82, 2.24) is 5.32 Å². The number of aryl methyl sites for hydroxylation is 1. The van der Waals surface area contributed by atoms with Gasteiger partial charge in [-0.25, -0.2) is 8.78 Å². The lowest BCUT2D eigenvalue weighted by atomic mass is 9.97. The third kappa shape index (κ3) is 7.66. The Morgan fingerprint density at radius 1 is 0.795 bits per heavy atom. The number of carbonyl (C=O) groups is 1. The average molecular weight is 530 g/mol. The zero-order chi connectivity index (χ0) is 27.6. The van der Waals surface area contributed by atoms with Crippen molar-refractivity contribution < 1.29 is 23.0 Å². The van der Waals surface area contributed by atoms with Gasteiger partial charge in [0.15, 0.2) is 0 Å². The molecule has 0 spiro atoms. The van der Waals surface area contributed by atoms with Gasteiger partial charge in [-0.15, -0.1) is 0 Å². The fraction of sp³-hybridized carbons (Fsp3) is 0.242. The van der Waals surface area contributed by atoms with E-state index in [1.807, 2.05) is 42.5 Å². The Balaban J connectivity index is 1.49. The lowest BCUT2D eigenvalue weighted by Crippen LogP contribution is -2.20. The van der Waals surface area contributed by atoms with E-state index in [1.54, 1.807) is 6.07 Å². The van der Waals surface area contributed by atoms with Crippen LogP contribution in [-0.2, 0) is 24.4 Å². The third-order valence-corrected chi connectivity index (χ3v) is 6.64. The molecule has 0 saturated carbocycles. The van der Waals surface area contributed by atoms with E-state index in [0.29, 0.717) is 31.1 Å². The Bertz CT molecular complexity index is 1390. The van der Waals surface area contributed by atoms with Crippen LogP contribution in [-0.4, -0.2) is 12.5 Å². The summed E-state index contributed by atoms with van der Waals surface area (Å²) in [7, 11) is 0. The van der Waals surface area contributed by atoms with Crippen LogP contribution in [0.1, 0.15) is 42.0 Å². The van der Waals surface area contributed by atoms with Crippen LogP contribution in [0, 0.1) is 18.6 Å². The Labute approximate surface area is 228 Å². The number of carbonyl (C=O) groups excluding carboxylic acids is 1. The van der Waals surface area contributed by atoms with Crippen LogP contribution in [0.25, 0.3) is 11.1 Å². The molecule has 1 amide bonds. The summed E-state index contributed by atoms with van der Waals surface area (Å²) < 4.78 is 40.5. The lowest BCUT2D eigenvalue weighted by molar-refractivity contribution is -0.118. The van der Waals surface area contributed by atoms with Gasteiger partial charge in [0.05, 0.1) is 5.56 Å². The first-order chi connectivity index (χ1) is 18.9. The number of nitrogens with one attached hydrogen (secondary N) is 1. The van der Waals surface area contributed by atoms with Gasteiger partial charge in [-0.05, 0) is 72.2 Å². The molecule has 0 saturated heterocycles. The molecule has 6 heteroatoms. The van der Waals surface area contributed by atoms with Crippen LogP contribution in [0.2, 0.25) is 0 Å². The molecule has 0 bridgehead atoms. The molecule has 0 aliphatic carbocycles. The molecule has 0 radical (unpaired) electrons. The molecular weight excluding hydrogens is 496 g/mol. The highest BCUT2D eigenvalue weighted by Gasteiger charge is 2.13. The van der Waals surface area contributed by atoms with Gasteiger partial charge in [0.25, 0.3) is 0 Å². The number of amides is 1. The maximum Gasteiger partial charge on any atom is 0.216 e. The summed E-state index contributed by atoms with van der Waals surface area (Å²) in [5, 5.41) is 2.79. The maximum absolute atomic E-state index is 14.2. The summed E-state index contributed by atoms with van der Waals surface area (Å²) in [6.07, 6.45) is 2.31. The summed E-state index contributed by atoms with van der Waals surface area (Å²) in [6, 6.07) is 25.7. The molecule has 0 aliphatic rings. The molecule has 39 heavy (non-hydrogen) atoms. The largest absolute Gasteiger partial charge is 0.489 e. The molecule has 4 aromatic carbocycles. The van der Waals surface area contributed by atoms with Crippen molar-refractivity contribution in [2.24, 2.45) is 0 Å². The summed E-state index contributed by atoms with van der Waals surface area (Å²) in [5.41, 5.74) is 5.30. The van der Waals surface area contributed by atoms with Crippen molar-refractivity contribution in [1.29, 1.82) is 0 Å². The van der Waals surface area contributed by atoms with Crippen LogP contribution in [0.3, 0.4) is 0 Å². The summed E-state index contributed by atoms with van der Waals surface area (Å²) in [6.45, 7) is 4.30. The lowest BCUT2D eigenvalue weighted by Gasteiger charge is -2.16. The average Bonchev–Trinajstić information content (AvgIpc) is 2.93. The highest BCUT2D eigenvalue weighted by molar-refractivity contribution is 5.72. The monoisotopic (exact) mass is 529 g/mol. The minimum absolute atomic E-state index is 0.0584. The zero-order valence-electron chi connectivity index (χ0n) is 22.3. The first-order valence-electron chi connectivity index (χ1n) is 13.1. The molecular formula is C33H33F2NO3. The number of rotatable bonds is 12. The highest BCUT2D eigenvalue weighted by Crippen LogP contribution is 2.30. The Kier molecular flexibility index (Phi) is 9.68. The quantitative estimate of drug-likeness (QED) is 0.193. The van der Waals surface area contributed by atoms with E-state index in [2.05, 4.69) is 30.4 Å². The Morgan fingerprint density at radius 3 is 2.28 bits per heavy atom. The first kappa shape index (κ1) is 27.8. The van der Waals surface area contributed by atoms with E-state index in [-0.39, 0.29) is 18.1 Å². The van der Waals surface area contributed by atoms with Gasteiger partial charge < -0.3 is 14.8 Å². The molecule has 0 heterocycles. The standard InChI is InChI=1S/C33H33F2NO3/c1-23-27(13-8-14-29(23)25-10-4-3-5-11-25)21-38-28-18-17-26(12-6-7-19-36-24(2)37)33(20-28)39-22-30-31(34)15-9-16-32(30)35/h3-5,8-11,13-18,20H,6-7,12,19,21-22H2,1-2H3,(H,36,37). The minimum Gasteiger partial charge on any atom is -0.489 e. The van der Waals surface area contributed by atoms with Gasteiger partial charge in [-0.2, -0.15) is 0 Å². The van der Waals surface area contributed by atoms with Crippen LogP contribution in [0.4, 0.5) is 8.78 Å². The van der Waals surface area contributed by atoms with Gasteiger partial charge >= 0.3 is 0 Å². The molecule has 0 fully saturated rings. The second-order valence-electron chi connectivity index (χ2n) is 9.44. The highest BCUT2D eigenvalue weighted by atomic mass is 19.1. The second-order valence-corrected chi connectivity index (χ2v) is 9.44. The normalized spacial score (nSPS) is 10.8. The summed E-state index contributed by atoms with van der Waals surface area (Å²) >= 11 is 0. The van der Waals surface area contributed by atoms with Gasteiger partial charge in [0.2, 0.25) is 5.91 Å². The van der Waals surface area contributed by atoms with E-state index in [0.717, 1.165) is 40.7 Å². The van der Waals surface area contributed by atoms with E-state index in [4.69, 9.17) is 9.47 Å². The predicted octanol–water partition coefficient (Wildman–Crippen LogP) is 7.56. The Morgan fingerprint density at radius 2 is 1.54 bits per heavy atom. The molecule has 0 aromatic heterocycles. The number of halogens is 2. The SMILES string of the molecule is CC(=O)NCCCCc1ccc(OCc2cccc(-c3ccccc3)c2C)cc1OCc1c(F)cccc1F. The number of hydrogen-bond donors (Lipinski definition) is 1. The van der Waals surface area contributed by atoms with Crippen LogP contribution in [0.5, 0.6) is 11.5 Å². The molecule has 4 aromatic rings. The van der Waals surface area contributed by atoms with Crippen molar-refractivity contribution >= 4 is 5.91 Å². The number of benzene rings is 4. The van der Waals surface area contributed by atoms with Crippen molar-refractivity contribution in [2.75, 3.05) is 6.54 Å². The Hall–Kier alpha value is -4.19. The van der Waals surface area contributed by atoms with Crippen molar-refractivity contribution in [3.8, 4) is 22.6 Å². The van der Waals surface area contributed by atoms with E-state index in [1.165, 1.54) is 25.1 Å². The van der Waals surface area contributed by atoms with Gasteiger partial charge in [-0.3, -0.25) is 4.79 Å². The topological polar surface area (TPSA) is 47.6 Å². The number of unbranched alkanes of at least 4 members (excludes halogenated alkanes) is 1. The minimum atomic E-state index is -0.645. The van der Waals surface area contributed by atoms with Gasteiger partial charge in [0.1, 0.15) is 36.3 Å². The van der Waals surface area contributed by atoms with Crippen molar-refractivity contribution in [3.63, 3.8) is 0 Å².